The maximum absolute atomic E-state index is 10.9. The summed E-state index contributed by atoms with van der Waals surface area (Å²) >= 11 is 0. The van der Waals surface area contributed by atoms with Gasteiger partial charge in [-0.2, -0.15) is 0 Å². The molecule has 1 aromatic rings. The average molecular weight is 242 g/mol. The van der Waals surface area contributed by atoms with E-state index >= 15 is 0 Å². The van der Waals surface area contributed by atoms with Gasteiger partial charge < -0.3 is 10.00 Å². The molecule has 0 radical (unpaired) electrons. The third-order valence-electron chi connectivity index (χ3n) is 2.33. The van der Waals surface area contributed by atoms with Crippen LogP contribution < -0.4 is 0 Å². The summed E-state index contributed by atoms with van der Waals surface area (Å²) in [6.07, 6.45) is 2.35. The van der Waals surface area contributed by atoms with Crippen LogP contribution in [0, 0.1) is 0 Å². The van der Waals surface area contributed by atoms with Crippen LogP contribution in [-0.4, -0.2) is 22.1 Å². The lowest BCUT2D eigenvalue weighted by Crippen LogP contribution is -2.02. The first kappa shape index (κ1) is 12.9. The van der Waals surface area contributed by atoms with E-state index in [-0.39, 0.29) is 0 Å². The SMILES string of the molecule is O=C(O)c1ccccc1CCCC[PH](=O)O. The monoisotopic (exact) mass is 242 g/mol. The quantitative estimate of drug-likeness (QED) is 0.592. The van der Waals surface area contributed by atoms with Crippen molar-refractivity contribution in [3.05, 3.63) is 35.4 Å². The van der Waals surface area contributed by atoms with Crippen LogP contribution in [0.2, 0.25) is 0 Å². The number of aromatic carboxylic acids is 1. The second kappa shape index (κ2) is 6.46. The highest BCUT2D eigenvalue weighted by Crippen LogP contribution is 2.17. The minimum atomic E-state index is -2.38. The summed E-state index contributed by atoms with van der Waals surface area (Å²) < 4.78 is 10.5. The van der Waals surface area contributed by atoms with Crippen molar-refractivity contribution in [1.82, 2.24) is 0 Å². The van der Waals surface area contributed by atoms with E-state index < -0.39 is 14.0 Å². The topological polar surface area (TPSA) is 74.6 Å². The zero-order valence-electron chi connectivity index (χ0n) is 8.85. The molecule has 0 bridgehead atoms. The van der Waals surface area contributed by atoms with Crippen LogP contribution in [0.1, 0.15) is 28.8 Å². The summed E-state index contributed by atoms with van der Waals surface area (Å²) in [5.41, 5.74) is 1.10. The molecule has 0 aliphatic carbocycles. The molecule has 0 amide bonds. The van der Waals surface area contributed by atoms with Gasteiger partial charge >= 0.3 is 5.97 Å². The molecule has 0 aliphatic rings. The number of unbranched alkanes of at least 4 members (excludes halogenated alkanes) is 1. The molecular formula is C11H15O4P. The molecule has 0 saturated carbocycles. The molecule has 0 saturated heterocycles. The molecule has 1 unspecified atom stereocenters. The summed E-state index contributed by atoms with van der Waals surface area (Å²) in [5, 5.41) is 8.93. The molecule has 1 atom stereocenters. The van der Waals surface area contributed by atoms with E-state index in [1.165, 1.54) is 0 Å². The van der Waals surface area contributed by atoms with Gasteiger partial charge in [-0.1, -0.05) is 18.2 Å². The smallest absolute Gasteiger partial charge is 0.335 e. The Hall–Kier alpha value is -1.12. The Balaban J connectivity index is 2.53. The number of aryl methyl sites for hydroxylation is 1. The minimum Gasteiger partial charge on any atom is -0.478 e. The van der Waals surface area contributed by atoms with Crippen LogP contribution in [-0.2, 0) is 11.0 Å². The van der Waals surface area contributed by atoms with Gasteiger partial charge in [0.2, 0.25) is 0 Å². The molecule has 0 spiro atoms. The highest BCUT2D eigenvalue weighted by Gasteiger charge is 2.08. The highest BCUT2D eigenvalue weighted by atomic mass is 31.1. The number of carboxylic acids is 1. The van der Waals surface area contributed by atoms with Crippen LogP contribution in [0.4, 0.5) is 0 Å². The van der Waals surface area contributed by atoms with E-state index in [9.17, 15) is 9.36 Å². The van der Waals surface area contributed by atoms with Crippen molar-refractivity contribution in [3.63, 3.8) is 0 Å². The molecule has 0 fully saturated rings. The minimum absolute atomic E-state index is 0.319. The summed E-state index contributed by atoms with van der Waals surface area (Å²) in [5.74, 6) is -0.925. The Morgan fingerprint density at radius 3 is 2.56 bits per heavy atom. The lowest BCUT2D eigenvalue weighted by Gasteiger charge is -2.04. The second-order valence-electron chi connectivity index (χ2n) is 3.56. The van der Waals surface area contributed by atoms with E-state index in [4.69, 9.17) is 10.00 Å². The lowest BCUT2D eigenvalue weighted by molar-refractivity contribution is 0.0695. The summed E-state index contributed by atoms with van der Waals surface area (Å²) in [7, 11) is -2.38. The van der Waals surface area contributed by atoms with Gasteiger partial charge in [0.1, 0.15) is 0 Å². The molecule has 0 aliphatic heterocycles. The van der Waals surface area contributed by atoms with Crippen molar-refractivity contribution in [2.75, 3.05) is 6.16 Å². The van der Waals surface area contributed by atoms with E-state index in [1.54, 1.807) is 24.3 Å². The van der Waals surface area contributed by atoms with Gasteiger partial charge in [0.05, 0.1) is 5.56 Å². The number of rotatable bonds is 6. The Kier molecular flexibility index (Phi) is 5.23. The maximum atomic E-state index is 10.9. The number of carboxylic acid groups (broad SMARTS) is 1. The maximum Gasteiger partial charge on any atom is 0.335 e. The molecular weight excluding hydrogens is 227 g/mol. The van der Waals surface area contributed by atoms with Crippen molar-refractivity contribution >= 4 is 14.0 Å². The molecule has 2 N–H and O–H groups in total. The van der Waals surface area contributed by atoms with Crippen LogP contribution in [0.3, 0.4) is 0 Å². The first-order valence-corrected chi connectivity index (χ1v) is 6.70. The highest BCUT2D eigenvalue weighted by molar-refractivity contribution is 7.37. The fraction of sp³-hybridized carbons (Fsp3) is 0.364. The van der Waals surface area contributed by atoms with Crippen LogP contribution in [0.15, 0.2) is 24.3 Å². The van der Waals surface area contributed by atoms with Crippen LogP contribution in [0.5, 0.6) is 0 Å². The standard InChI is InChI=1S/C11H15O4P/c12-11(13)10-7-2-1-5-9(10)6-3-4-8-16(14)15/h1-2,5,7,16H,3-4,6,8H2,(H,12,13)(H,14,15). The normalized spacial score (nSPS) is 12.3. The van der Waals surface area contributed by atoms with Crippen molar-refractivity contribution < 1.29 is 19.4 Å². The Labute approximate surface area is 94.8 Å². The number of hydrogen-bond donors (Lipinski definition) is 2. The Bertz CT molecular complexity index is 389. The molecule has 16 heavy (non-hydrogen) atoms. The Morgan fingerprint density at radius 1 is 1.25 bits per heavy atom. The van der Waals surface area contributed by atoms with Gasteiger partial charge in [-0.3, -0.25) is 4.57 Å². The van der Waals surface area contributed by atoms with Crippen molar-refractivity contribution in [2.45, 2.75) is 19.3 Å². The van der Waals surface area contributed by atoms with Gasteiger partial charge in [0.25, 0.3) is 0 Å². The van der Waals surface area contributed by atoms with E-state index in [1.807, 2.05) is 0 Å². The fourth-order valence-corrected chi connectivity index (χ4v) is 2.09. The third kappa shape index (κ3) is 4.17. The Morgan fingerprint density at radius 2 is 1.94 bits per heavy atom. The van der Waals surface area contributed by atoms with E-state index in [0.717, 1.165) is 12.0 Å². The molecule has 88 valence electrons. The van der Waals surface area contributed by atoms with Gasteiger partial charge in [0.15, 0.2) is 8.03 Å². The van der Waals surface area contributed by atoms with Crippen molar-refractivity contribution in [1.29, 1.82) is 0 Å². The summed E-state index contributed by atoms with van der Waals surface area (Å²) in [6, 6.07) is 6.86. The van der Waals surface area contributed by atoms with Crippen LogP contribution >= 0.6 is 8.03 Å². The molecule has 4 nitrogen and oxygen atoms in total. The van der Waals surface area contributed by atoms with Crippen molar-refractivity contribution in [3.8, 4) is 0 Å². The third-order valence-corrected chi connectivity index (χ3v) is 3.12. The zero-order chi connectivity index (χ0) is 12.0. The van der Waals surface area contributed by atoms with Gasteiger partial charge in [-0.25, -0.2) is 4.79 Å². The summed E-state index contributed by atoms with van der Waals surface area (Å²) in [6.45, 7) is 0. The van der Waals surface area contributed by atoms with Crippen LogP contribution in [0.25, 0.3) is 0 Å². The first-order chi connectivity index (χ1) is 7.61. The van der Waals surface area contributed by atoms with Gasteiger partial charge in [-0.05, 0) is 30.9 Å². The predicted molar refractivity (Wildman–Crippen MR) is 62.4 cm³/mol. The van der Waals surface area contributed by atoms with E-state index in [2.05, 4.69) is 0 Å². The predicted octanol–water partition coefficient (Wildman–Crippen LogP) is 2.17. The largest absolute Gasteiger partial charge is 0.478 e. The van der Waals surface area contributed by atoms with E-state index in [0.29, 0.717) is 24.6 Å². The number of benzene rings is 1. The summed E-state index contributed by atoms with van der Waals surface area (Å²) in [4.78, 5) is 19.5. The molecule has 1 aromatic carbocycles. The van der Waals surface area contributed by atoms with Crippen molar-refractivity contribution in [2.24, 2.45) is 0 Å². The molecule has 1 rings (SSSR count). The lowest BCUT2D eigenvalue weighted by atomic mass is 10.0. The molecule has 0 aromatic heterocycles. The molecule has 0 heterocycles. The molecule has 5 heteroatoms. The average Bonchev–Trinajstić information content (AvgIpc) is 2.24. The number of carbonyl (C=O) groups is 1. The second-order valence-corrected chi connectivity index (χ2v) is 4.85. The first-order valence-electron chi connectivity index (χ1n) is 5.14. The zero-order valence-corrected chi connectivity index (χ0v) is 9.85. The number of hydrogen-bond acceptors (Lipinski definition) is 2. The van der Waals surface area contributed by atoms with Gasteiger partial charge in [0, 0.05) is 6.16 Å². The fourth-order valence-electron chi connectivity index (χ4n) is 1.54. The van der Waals surface area contributed by atoms with Gasteiger partial charge in [-0.15, -0.1) is 0 Å².